The molecular weight excluding hydrogens is 317 g/mol. The van der Waals surface area contributed by atoms with Crippen LogP contribution in [0.15, 0.2) is 24.3 Å². The Bertz CT molecular complexity index is 479. The van der Waals surface area contributed by atoms with Gasteiger partial charge in [-0.15, -0.1) is 0 Å². The van der Waals surface area contributed by atoms with Crippen LogP contribution in [-0.4, -0.2) is 23.1 Å². The average molecular weight is 332 g/mol. The largest absolute Gasteiger partial charge is 0.459 e. The molecule has 1 rings (SSSR count). The third-order valence-electron chi connectivity index (χ3n) is 3.17. The van der Waals surface area contributed by atoms with Gasteiger partial charge in [-0.05, 0) is 17.5 Å². The van der Waals surface area contributed by atoms with Crippen LogP contribution in [-0.2, 0) is 6.42 Å². The van der Waals surface area contributed by atoms with E-state index in [1.54, 1.807) is 0 Å². The van der Waals surface area contributed by atoms with Crippen molar-refractivity contribution in [2.24, 2.45) is 0 Å². The monoisotopic (exact) mass is 332 g/mol. The molecule has 8 heteroatoms. The lowest BCUT2D eigenvalue weighted by molar-refractivity contribution is -0.358. The molecule has 1 aromatic carbocycles. The number of aryl methyl sites for hydroxylation is 1. The molecule has 0 amide bonds. The summed E-state index contributed by atoms with van der Waals surface area (Å²) in [6.45, 7) is 1.91. The maximum atomic E-state index is 13.2. The molecule has 1 aromatic rings. The van der Waals surface area contributed by atoms with Crippen LogP contribution < -0.4 is 0 Å². The Morgan fingerprint density at radius 3 is 1.86 bits per heavy atom. The highest BCUT2D eigenvalue weighted by Gasteiger charge is 2.72. The van der Waals surface area contributed by atoms with Gasteiger partial charge in [0.2, 0.25) is 0 Å². The van der Waals surface area contributed by atoms with Gasteiger partial charge < -0.3 is 5.11 Å². The molecule has 0 heterocycles. The lowest BCUT2D eigenvalue weighted by Crippen LogP contribution is -2.52. The predicted octanol–water partition coefficient (Wildman–Crippen LogP) is 4.90. The number of rotatable bonds is 6. The van der Waals surface area contributed by atoms with Crippen LogP contribution in [0.2, 0.25) is 0 Å². The van der Waals surface area contributed by atoms with Crippen molar-refractivity contribution in [1.82, 2.24) is 0 Å². The molecule has 0 aliphatic heterocycles. The Balaban J connectivity index is 2.88. The summed E-state index contributed by atoms with van der Waals surface area (Å²) in [7, 11) is 0. The van der Waals surface area contributed by atoms with E-state index < -0.39 is 30.5 Å². The van der Waals surface area contributed by atoms with Crippen molar-refractivity contribution in [3.8, 4) is 0 Å². The standard InChI is InChI=1S/C14H15F7O/c1-2-3-9-4-6-10(7-5-9)11(22)8-12(15,16)13(17,18)14(19,20)21/h4-7,11,22H,2-3,8H2,1H3. The minimum Gasteiger partial charge on any atom is -0.388 e. The van der Waals surface area contributed by atoms with Crippen molar-refractivity contribution >= 4 is 0 Å². The third-order valence-corrected chi connectivity index (χ3v) is 3.17. The van der Waals surface area contributed by atoms with Crippen LogP contribution >= 0.6 is 0 Å². The molecule has 1 N–H and O–H groups in total. The molecule has 0 radical (unpaired) electrons. The van der Waals surface area contributed by atoms with E-state index in [0.717, 1.165) is 12.0 Å². The molecule has 0 saturated heterocycles. The molecule has 22 heavy (non-hydrogen) atoms. The van der Waals surface area contributed by atoms with Gasteiger partial charge in [-0.25, -0.2) is 0 Å². The summed E-state index contributed by atoms with van der Waals surface area (Å²) >= 11 is 0. The molecule has 0 aromatic heterocycles. The molecule has 1 unspecified atom stereocenters. The SMILES string of the molecule is CCCc1ccc(C(O)CC(F)(F)C(F)(F)C(F)(F)F)cc1. The Morgan fingerprint density at radius 2 is 1.45 bits per heavy atom. The molecule has 1 atom stereocenters. The van der Waals surface area contributed by atoms with E-state index in [1.165, 1.54) is 24.3 Å². The number of aliphatic hydroxyl groups is 1. The fraction of sp³-hybridized carbons (Fsp3) is 0.571. The van der Waals surface area contributed by atoms with Crippen molar-refractivity contribution in [2.45, 2.75) is 50.3 Å². The van der Waals surface area contributed by atoms with Crippen LogP contribution in [0.5, 0.6) is 0 Å². The average Bonchev–Trinajstić information content (AvgIpc) is 2.37. The van der Waals surface area contributed by atoms with E-state index in [2.05, 4.69) is 0 Å². The highest BCUT2D eigenvalue weighted by atomic mass is 19.4. The van der Waals surface area contributed by atoms with Gasteiger partial charge in [-0.1, -0.05) is 37.6 Å². The van der Waals surface area contributed by atoms with Crippen LogP contribution in [0, 0.1) is 0 Å². The molecule has 0 bridgehead atoms. The quantitative estimate of drug-likeness (QED) is 0.735. The maximum Gasteiger partial charge on any atom is 0.459 e. The van der Waals surface area contributed by atoms with Crippen LogP contribution in [0.3, 0.4) is 0 Å². The number of benzene rings is 1. The lowest BCUT2D eigenvalue weighted by atomic mass is 9.97. The summed E-state index contributed by atoms with van der Waals surface area (Å²) in [5.74, 6) is -11.6. The first-order chi connectivity index (χ1) is 9.92. The maximum absolute atomic E-state index is 13.2. The molecule has 1 nitrogen and oxygen atoms in total. The molecule has 0 aliphatic carbocycles. The minimum absolute atomic E-state index is 0.141. The topological polar surface area (TPSA) is 20.2 Å². The van der Waals surface area contributed by atoms with Crippen molar-refractivity contribution in [1.29, 1.82) is 0 Å². The molecule has 0 fully saturated rings. The second-order valence-corrected chi connectivity index (χ2v) is 4.99. The summed E-state index contributed by atoms with van der Waals surface area (Å²) in [5.41, 5.74) is 0.698. The third kappa shape index (κ3) is 3.91. The second-order valence-electron chi connectivity index (χ2n) is 4.99. The van der Waals surface area contributed by atoms with Gasteiger partial charge in [0.05, 0.1) is 6.10 Å². The summed E-state index contributed by atoms with van der Waals surface area (Å²) in [6.07, 6.45) is -9.02. The highest BCUT2D eigenvalue weighted by molar-refractivity contribution is 5.24. The Morgan fingerprint density at radius 1 is 0.955 bits per heavy atom. The lowest BCUT2D eigenvalue weighted by Gasteiger charge is -2.29. The number of halogens is 7. The number of aliphatic hydroxyl groups excluding tert-OH is 1. The first-order valence-corrected chi connectivity index (χ1v) is 6.51. The Labute approximate surface area is 122 Å². The number of hydrogen-bond acceptors (Lipinski definition) is 1. The van der Waals surface area contributed by atoms with E-state index in [9.17, 15) is 35.8 Å². The fourth-order valence-corrected chi connectivity index (χ4v) is 1.89. The van der Waals surface area contributed by atoms with Gasteiger partial charge in [0, 0.05) is 6.42 Å². The zero-order valence-corrected chi connectivity index (χ0v) is 11.6. The second kappa shape index (κ2) is 6.44. The van der Waals surface area contributed by atoms with Gasteiger partial charge in [0.25, 0.3) is 0 Å². The fourth-order valence-electron chi connectivity index (χ4n) is 1.89. The van der Waals surface area contributed by atoms with Crippen molar-refractivity contribution in [2.75, 3.05) is 0 Å². The van der Waals surface area contributed by atoms with Gasteiger partial charge in [0.15, 0.2) is 0 Å². The number of hydrogen-bond donors (Lipinski definition) is 1. The summed E-state index contributed by atoms with van der Waals surface area (Å²) in [5, 5.41) is 9.53. The van der Waals surface area contributed by atoms with Crippen LogP contribution in [0.25, 0.3) is 0 Å². The molecule has 126 valence electrons. The van der Waals surface area contributed by atoms with Crippen LogP contribution in [0.1, 0.15) is 37.0 Å². The van der Waals surface area contributed by atoms with Crippen molar-refractivity contribution in [3.63, 3.8) is 0 Å². The smallest absolute Gasteiger partial charge is 0.388 e. The zero-order chi connectivity index (χ0) is 17.2. The van der Waals surface area contributed by atoms with E-state index in [-0.39, 0.29) is 5.56 Å². The first-order valence-electron chi connectivity index (χ1n) is 6.51. The minimum atomic E-state index is -6.39. The summed E-state index contributed by atoms with van der Waals surface area (Å²) in [4.78, 5) is 0. The molecule has 0 saturated carbocycles. The van der Waals surface area contributed by atoms with Crippen molar-refractivity contribution < 1.29 is 35.8 Å². The van der Waals surface area contributed by atoms with Gasteiger partial charge >= 0.3 is 18.0 Å². The zero-order valence-electron chi connectivity index (χ0n) is 11.6. The predicted molar refractivity (Wildman–Crippen MR) is 66.0 cm³/mol. The van der Waals surface area contributed by atoms with Gasteiger partial charge in [0.1, 0.15) is 0 Å². The number of alkyl halides is 7. The highest BCUT2D eigenvalue weighted by Crippen LogP contribution is 2.49. The van der Waals surface area contributed by atoms with Gasteiger partial charge in [-0.3, -0.25) is 0 Å². The molecule has 0 aliphatic rings. The van der Waals surface area contributed by atoms with Crippen molar-refractivity contribution in [3.05, 3.63) is 35.4 Å². The van der Waals surface area contributed by atoms with Gasteiger partial charge in [-0.2, -0.15) is 30.7 Å². The summed E-state index contributed by atoms with van der Waals surface area (Å²) < 4.78 is 88.0. The first kappa shape index (κ1) is 18.7. The molecular formula is C14H15F7O. The van der Waals surface area contributed by atoms with E-state index in [0.29, 0.717) is 6.42 Å². The normalized spacial score (nSPS) is 15.0. The molecule has 0 spiro atoms. The van der Waals surface area contributed by atoms with E-state index in [4.69, 9.17) is 0 Å². The Hall–Kier alpha value is -1.31. The Kier molecular flexibility index (Phi) is 5.48. The van der Waals surface area contributed by atoms with E-state index >= 15 is 0 Å². The van der Waals surface area contributed by atoms with Crippen LogP contribution in [0.4, 0.5) is 30.7 Å². The summed E-state index contributed by atoms with van der Waals surface area (Å²) in [6, 6.07) is 5.47. The van der Waals surface area contributed by atoms with E-state index in [1.807, 2.05) is 6.92 Å².